The summed E-state index contributed by atoms with van der Waals surface area (Å²) in [5, 5.41) is 4.94. The van der Waals surface area contributed by atoms with Crippen LogP contribution in [0.3, 0.4) is 0 Å². The van der Waals surface area contributed by atoms with E-state index in [1.165, 1.54) is 0 Å². The molecule has 0 atom stereocenters. The van der Waals surface area contributed by atoms with Crippen LogP contribution in [0, 0.1) is 0 Å². The van der Waals surface area contributed by atoms with Gasteiger partial charge in [-0.05, 0) is 24.6 Å². The first-order chi connectivity index (χ1) is 16.5. The van der Waals surface area contributed by atoms with E-state index in [0.717, 1.165) is 23.0 Å². The van der Waals surface area contributed by atoms with Crippen molar-refractivity contribution in [3.8, 4) is 11.1 Å². The fourth-order valence-electron chi connectivity index (χ4n) is 3.26. The van der Waals surface area contributed by atoms with Gasteiger partial charge in [-0.15, -0.1) is 11.3 Å². The van der Waals surface area contributed by atoms with Crippen molar-refractivity contribution in [1.82, 2.24) is 0 Å². The van der Waals surface area contributed by atoms with Gasteiger partial charge >= 0.3 is 11.9 Å². The van der Waals surface area contributed by atoms with E-state index in [1.807, 2.05) is 30.3 Å². The maximum Gasteiger partial charge on any atom is 0.374 e. The van der Waals surface area contributed by atoms with Crippen molar-refractivity contribution < 1.29 is 28.3 Å². The van der Waals surface area contributed by atoms with Crippen molar-refractivity contribution >= 4 is 45.2 Å². The number of hydrogen-bond donors (Lipinski definition) is 1. The second kappa shape index (κ2) is 10.1. The van der Waals surface area contributed by atoms with Crippen LogP contribution in [0.5, 0.6) is 0 Å². The van der Waals surface area contributed by atoms with E-state index in [1.54, 1.807) is 36.6 Å². The molecule has 0 saturated carbocycles. The highest BCUT2D eigenvalue weighted by Gasteiger charge is 2.23. The van der Waals surface area contributed by atoms with Gasteiger partial charge < -0.3 is 19.2 Å². The summed E-state index contributed by atoms with van der Waals surface area (Å²) in [6.45, 7) is 1.22. The largest absolute Gasteiger partial charge is 0.462 e. The van der Waals surface area contributed by atoms with Crippen LogP contribution >= 0.6 is 11.3 Å². The van der Waals surface area contributed by atoms with E-state index in [9.17, 15) is 19.2 Å². The zero-order chi connectivity index (χ0) is 24.1. The average molecular weight is 477 g/mol. The van der Waals surface area contributed by atoms with Gasteiger partial charge in [-0.1, -0.05) is 42.5 Å². The molecule has 0 bridgehead atoms. The van der Waals surface area contributed by atoms with E-state index in [2.05, 4.69) is 5.32 Å². The van der Waals surface area contributed by atoms with Crippen LogP contribution in [0.15, 0.2) is 75.3 Å². The molecular weight excluding hydrogens is 458 g/mol. The van der Waals surface area contributed by atoms with E-state index in [4.69, 9.17) is 13.9 Å². The Kier molecular flexibility index (Phi) is 6.84. The molecule has 0 unspecified atom stereocenters. The number of carbonyl (C=O) groups is 3. The average Bonchev–Trinajstić information content (AvgIpc) is 3.26. The summed E-state index contributed by atoms with van der Waals surface area (Å²) in [7, 11) is 0. The Hall–Kier alpha value is -4.24. The van der Waals surface area contributed by atoms with E-state index in [0.29, 0.717) is 10.9 Å². The molecule has 0 saturated heterocycles. The zero-order valence-electron chi connectivity index (χ0n) is 18.0. The number of anilines is 1. The van der Waals surface area contributed by atoms with Crippen molar-refractivity contribution in [1.29, 1.82) is 0 Å². The molecule has 0 radical (unpaired) electrons. The van der Waals surface area contributed by atoms with Crippen LogP contribution < -0.4 is 10.7 Å². The molecule has 2 heterocycles. The van der Waals surface area contributed by atoms with Gasteiger partial charge in [-0.25, -0.2) is 9.59 Å². The smallest absolute Gasteiger partial charge is 0.374 e. The molecule has 0 aliphatic carbocycles. The van der Waals surface area contributed by atoms with Crippen molar-refractivity contribution in [2.75, 3.05) is 18.5 Å². The number of rotatable bonds is 7. The van der Waals surface area contributed by atoms with Gasteiger partial charge in [0, 0.05) is 17.0 Å². The molecule has 0 aliphatic heterocycles. The number of para-hydroxylation sites is 1. The predicted molar refractivity (Wildman–Crippen MR) is 127 cm³/mol. The Balaban J connectivity index is 1.49. The lowest BCUT2D eigenvalue weighted by Gasteiger charge is -2.09. The Labute approximate surface area is 197 Å². The molecule has 1 N–H and O–H groups in total. The zero-order valence-corrected chi connectivity index (χ0v) is 18.8. The van der Waals surface area contributed by atoms with Crippen LogP contribution in [-0.2, 0) is 14.3 Å². The van der Waals surface area contributed by atoms with Crippen LogP contribution in [0.4, 0.5) is 5.00 Å². The van der Waals surface area contributed by atoms with Gasteiger partial charge in [0.25, 0.3) is 5.91 Å². The summed E-state index contributed by atoms with van der Waals surface area (Å²) in [5.41, 5.74) is 1.47. The molecule has 0 aliphatic rings. The quantitative estimate of drug-likeness (QED) is 0.390. The lowest BCUT2D eigenvalue weighted by Crippen LogP contribution is -2.22. The first-order valence-corrected chi connectivity index (χ1v) is 11.2. The lowest BCUT2D eigenvalue weighted by atomic mass is 10.0. The number of ether oxygens (including phenoxy) is 2. The summed E-state index contributed by atoms with van der Waals surface area (Å²) in [5.74, 6) is -2.51. The molecule has 0 fully saturated rings. The number of benzene rings is 2. The molecule has 8 nitrogen and oxygen atoms in total. The third-order valence-corrected chi connectivity index (χ3v) is 5.67. The normalized spacial score (nSPS) is 10.6. The van der Waals surface area contributed by atoms with Gasteiger partial charge in [0.1, 0.15) is 16.1 Å². The van der Waals surface area contributed by atoms with Crippen molar-refractivity contribution in [2.24, 2.45) is 0 Å². The van der Waals surface area contributed by atoms with Crippen LogP contribution in [0.25, 0.3) is 22.1 Å². The Morgan fingerprint density at radius 1 is 0.971 bits per heavy atom. The van der Waals surface area contributed by atoms with E-state index in [-0.39, 0.29) is 28.5 Å². The fourth-order valence-corrected chi connectivity index (χ4v) is 4.23. The highest BCUT2D eigenvalue weighted by Crippen LogP contribution is 2.36. The minimum Gasteiger partial charge on any atom is -0.462 e. The molecule has 4 rings (SSSR count). The number of esters is 2. The predicted octanol–water partition coefficient (Wildman–Crippen LogP) is 4.49. The summed E-state index contributed by atoms with van der Waals surface area (Å²) in [4.78, 5) is 49.6. The maximum atomic E-state index is 12.6. The van der Waals surface area contributed by atoms with Gasteiger partial charge in [-0.3, -0.25) is 9.59 Å². The third-order valence-electron chi connectivity index (χ3n) is 4.78. The SMILES string of the molecule is CCOC(=O)c1c(-c2ccccc2)csc1NC(=O)COC(=O)c1cc(=O)c2ccccc2o1. The van der Waals surface area contributed by atoms with Gasteiger partial charge in [-0.2, -0.15) is 0 Å². The molecule has 0 spiro atoms. The highest BCUT2D eigenvalue weighted by atomic mass is 32.1. The second-order valence-electron chi connectivity index (χ2n) is 7.04. The third kappa shape index (κ3) is 4.89. The molecular formula is C25H19NO7S. The Morgan fingerprint density at radius 2 is 1.71 bits per heavy atom. The highest BCUT2D eigenvalue weighted by molar-refractivity contribution is 7.15. The van der Waals surface area contributed by atoms with Crippen LogP contribution in [0.1, 0.15) is 27.8 Å². The van der Waals surface area contributed by atoms with Gasteiger partial charge in [0.15, 0.2) is 12.0 Å². The van der Waals surface area contributed by atoms with Crippen molar-refractivity contribution in [2.45, 2.75) is 6.92 Å². The Bertz CT molecular complexity index is 1420. The molecule has 34 heavy (non-hydrogen) atoms. The molecule has 4 aromatic rings. The number of carbonyl (C=O) groups excluding carboxylic acids is 3. The standard InChI is InChI=1S/C25H19NO7S/c1-2-31-25(30)22-17(15-8-4-3-5-9-15)14-34-23(22)26-21(28)13-32-24(29)20-12-18(27)16-10-6-7-11-19(16)33-20/h3-12,14H,2,13H2,1H3,(H,26,28). The summed E-state index contributed by atoms with van der Waals surface area (Å²) < 4.78 is 15.6. The molecule has 1 amide bonds. The number of fused-ring (bicyclic) bond motifs is 1. The first kappa shape index (κ1) is 22.9. The number of thiophene rings is 1. The topological polar surface area (TPSA) is 112 Å². The number of amides is 1. The molecule has 172 valence electrons. The minimum absolute atomic E-state index is 0.171. The number of nitrogens with one attached hydrogen (secondary N) is 1. The molecule has 2 aromatic carbocycles. The van der Waals surface area contributed by atoms with Crippen molar-refractivity contribution in [3.05, 3.63) is 87.6 Å². The Morgan fingerprint density at radius 3 is 2.47 bits per heavy atom. The summed E-state index contributed by atoms with van der Waals surface area (Å²) >= 11 is 1.15. The minimum atomic E-state index is -0.959. The van der Waals surface area contributed by atoms with Crippen molar-refractivity contribution in [3.63, 3.8) is 0 Å². The monoisotopic (exact) mass is 477 g/mol. The van der Waals surface area contributed by atoms with Crippen LogP contribution in [-0.4, -0.2) is 31.1 Å². The van der Waals surface area contributed by atoms with E-state index < -0.39 is 29.9 Å². The number of hydrogen-bond acceptors (Lipinski definition) is 8. The first-order valence-electron chi connectivity index (χ1n) is 10.3. The maximum absolute atomic E-state index is 12.6. The summed E-state index contributed by atoms with van der Waals surface area (Å²) in [6, 6.07) is 16.7. The molecule has 9 heteroatoms. The fraction of sp³-hybridized carbons (Fsp3) is 0.120. The van der Waals surface area contributed by atoms with Gasteiger partial charge in [0.2, 0.25) is 5.76 Å². The summed E-state index contributed by atoms with van der Waals surface area (Å²) in [6.07, 6.45) is 0. The van der Waals surface area contributed by atoms with Gasteiger partial charge in [0.05, 0.1) is 12.0 Å². The van der Waals surface area contributed by atoms with E-state index >= 15 is 0 Å². The lowest BCUT2D eigenvalue weighted by molar-refractivity contribution is -0.119. The molecule has 2 aromatic heterocycles. The van der Waals surface area contributed by atoms with Crippen LogP contribution in [0.2, 0.25) is 0 Å². The second-order valence-corrected chi connectivity index (χ2v) is 7.92.